The highest BCUT2D eigenvalue weighted by Crippen LogP contribution is 2.45. The molecule has 1 aliphatic carbocycles. The van der Waals surface area contributed by atoms with Gasteiger partial charge in [-0.25, -0.2) is 4.79 Å². The summed E-state index contributed by atoms with van der Waals surface area (Å²) in [5.41, 5.74) is -0.133. The van der Waals surface area contributed by atoms with E-state index in [1.165, 1.54) is 6.08 Å². The zero-order valence-corrected chi connectivity index (χ0v) is 9.49. The van der Waals surface area contributed by atoms with Crippen LogP contribution >= 0.6 is 0 Å². The van der Waals surface area contributed by atoms with E-state index in [2.05, 4.69) is 13.5 Å². The first kappa shape index (κ1) is 11.1. The SMILES string of the molecule is C=C1C(=O)O[C@@]2(CCCC)C=CC(=O)C[C@@H]12. The van der Waals surface area contributed by atoms with Crippen molar-refractivity contribution in [3.05, 3.63) is 24.3 Å². The third-order valence-electron chi connectivity index (χ3n) is 3.43. The Labute approximate surface area is 95.2 Å². The van der Waals surface area contributed by atoms with Gasteiger partial charge in [-0.2, -0.15) is 0 Å². The fourth-order valence-electron chi connectivity index (χ4n) is 2.46. The summed E-state index contributed by atoms with van der Waals surface area (Å²) in [6.07, 6.45) is 6.46. The summed E-state index contributed by atoms with van der Waals surface area (Å²) in [4.78, 5) is 22.9. The topological polar surface area (TPSA) is 43.4 Å². The molecule has 1 heterocycles. The third kappa shape index (κ3) is 1.60. The van der Waals surface area contributed by atoms with Crippen LogP contribution < -0.4 is 0 Å². The average molecular weight is 220 g/mol. The summed E-state index contributed by atoms with van der Waals surface area (Å²) in [5, 5.41) is 0. The minimum atomic E-state index is -0.585. The lowest BCUT2D eigenvalue weighted by Crippen LogP contribution is -2.37. The molecule has 0 aromatic carbocycles. The minimum absolute atomic E-state index is 0.0524. The first-order valence-electron chi connectivity index (χ1n) is 5.73. The van der Waals surface area contributed by atoms with Gasteiger partial charge in [0, 0.05) is 17.9 Å². The zero-order chi connectivity index (χ0) is 11.8. The number of ether oxygens (including phenoxy) is 1. The molecule has 3 nitrogen and oxygen atoms in total. The molecule has 1 saturated heterocycles. The van der Waals surface area contributed by atoms with Crippen LogP contribution in [0.25, 0.3) is 0 Å². The van der Waals surface area contributed by atoms with Crippen molar-refractivity contribution in [3.63, 3.8) is 0 Å². The standard InChI is InChI=1S/C13H16O3/c1-3-4-6-13-7-5-10(14)8-11(13)9(2)12(15)16-13/h5,7,11H,2-4,6,8H2,1H3/t11-,13-/m0/s1. The van der Waals surface area contributed by atoms with Crippen LogP contribution in [0, 0.1) is 5.92 Å². The second-order valence-electron chi connectivity index (χ2n) is 4.53. The Hall–Kier alpha value is -1.38. The second kappa shape index (κ2) is 3.89. The molecule has 0 saturated carbocycles. The van der Waals surface area contributed by atoms with Crippen LogP contribution in [0.2, 0.25) is 0 Å². The molecular formula is C13H16O3. The van der Waals surface area contributed by atoms with Gasteiger partial charge in [-0.15, -0.1) is 0 Å². The molecule has 0 radical (unpaired) electrons. The largest absolute Gasteiger partial charge is 0.451 e. The fraction of sp³-hybridized carbons (Fsp3) is 0.538. The summed E-state index contributed by atoms with van der Waals surface area (Å²) in [7, 11) is 0. The molecular weight excluding hydrogens is 204 g/mol. The van der Waals surface area contributed by atoms with Crippen LogP contribution in [-0.2, 0) is 14.3 Å². The third-order valence-corrected chi connectivity index (χ3v) is 3.43. The van der Waals surface area contributed by atoms with Gasteiger partial charge in [-0.05, 0) is 25.0 Å². The molecule has 2 aliphatic rings. The molecule has 0 spiro atoms. The summed E-state index contributed by atoms with van der Waals surface area (Å²) in [5.74, 6) is -0.443. The maximum atomic E-state index is 11.5. The van der Waals surface area contributed by atoms with E-state index in [1.54, 1.807) is 6.08 Å². The Kier molecular flexibility index (Phi) is 2.70. The molecule has 1 fully saturated rings. The Morgan fingerprint density at radius 3 is 3.00 bits per heavy atom. The molecule has 2 rings (SSSR count). The van der Waals surface area contributed by atoms with E-state index in [4.69, 9.17) is 4.74 Å². The minimum Gasteiger partial charge on any atom is -0.451 e. The van der Waals surface area contributed by atoms with Crippen molar-refractivity contribution in [2.75, 3.05) is 0 Å². The van der Waals surface area contributed by atoms with Crippen LogP contribution in [0.1, 0.15) is 32.6 Å². The normalized spacial score (nSPS) is 32.8. The quantitative estimate of drug-likeness (QED) is 0.541. The first-order chi connectivity index (χ1) is 7.59. The van der Waals surface area contributed by atoms with Crippen molar-refractivity contribution in [2.45, 2.75) is 38.2 Å². The van der Waals surface area contributed by atoms with Crippen LogP contribution in [0.5, 0.6) is 0 Å². The summed E-state index contributed by atoms with van der Waals surface area (Å²) < 4.78 is 5.44. The lowest BCUT2D eigenvalue weighted by Gasteiger charge is -2.32. The molecule has 86 valence electrons. The van der Waals surface area contributed by atoms with Crippen LogP contribution in [-0.4, -0.2) is 17.4 Å². The van der Waals surface area contributed by atoms with E-state index in [1.807, 2.05) is 0 Å². The van der Waals surface area contributed by atoms with Crippen molar-refractivity contribution in [1.82, 2.24) is 0 Å². The molecule has 16 heavy (non-hydrogen) atoms. The second-order valence-corrected chi connectivity index (χ2v) is 4.53. The summed E-state index contributed by atoms with van der Waals surface area (Å²) >= 11 is 0. The number of fused-ring (bicyclic) bond motifs is 1. The lowest BCUT2D eigenvalue weighted by molar-refractivity contribution is -0.145. The Morgan fingerprint density at radius 1 is 1.56 bits per heavy atom. The van der Waals surface area contributed by atoms with Crippen LogP contribution in [0.15, 0.2) is 24.3 Å². The van der Waals surface area contributed by atoms with Crippen LogP contribution in [0.4, 0.5) is 0 Å². The molecule has 0 aromatic heterocycles. The molecule has 3 heteroatoms. The number of hydrogen-bond donors (Lipinski definition) is 0. The van der Waals surface area contributed by atoms with Gasteiger partial charge in [0.2, 0.25) is 0 Å². The van der Waals surface area contributed by atoms with Gasteiger partial charge in [-0.1, -0.05) is 19.9 Å². The number of carbonyl (C=O) groups is 2. The highest BCUT2D eigenvalue weighted by molar-refractivity contribution is 5.97. The number of hydrogen-bond acceptors (Lipinski definition) is 3. The predicted molar refractivity (Wildman–Crippen MR) is 59.7 cm³/mol. The van der Waals surface area contributed by atoms with Gasteiger partial charge in [0.1, 0.15) is 5.60 Å². The summed E-state index contributed by atoms with van der Waals surface area (Å²) in [6, 6.07) is 0. The number of unbranched alkanes of at least 4 members (excludes halogenated alkanes) is 1. The van der Waals surface area contributed by atoms with Crippen LogP contribution in [0.3, 0.4) is 0 Å². The van der Waals surface area contributed by atoms with Gasteiger partial charge in [-0.3, -0.25) is 4.79 Å². The molecule has 1 aliphatic heterocycles. The van der Waals surface area contributed by atoms with Crippen molar-refractivity contribution >= 4 is 11.8 Å². The first-order valence-corrected chi connectivity index (χ1v) is 5.73. The molecule has 0 N–H and O–H groups in total. The monoisotopic (exact) mass is 220 g/mol. The average Bonchev–Trinajstić information content (AvgIpc) is 2.51. The maximum absolute atomic E-state index is 11.5. The van der Waals surface area contributed by atoms with Crippen molar-refractivity contribution in [1.29, 1.82) is 0 Å². The Balaban J connectivity index is 2.31. The van der Waals surface area contributed by atoms with Crippen molar-refractivity contribution in [3.8, 4) is 0 Å². The predicted octanol–water partition coefficient (Wildman–Crippen LogP) is 2.17. The van der Waals surface area contributed by atoms with Crippen molar-refractivity contribution < 1.29 is 14.3 Å². The van der Waals surface area contributed by atoms with E-state index < -0.39 is 5.60 Å². The van der Waals surface area contributed by atoms with Crippen molar-refractivity contribution in [2.24, 2.45) is 5.92 Å². The number of esters is 1. The summed E-state index contributed by atoms with van der Waals surface area (Å²) in [6.45, 7) is 5.84. The van der Waals surface area contributed by atoms with E-state index in [0.717, 1.165) is 19.3 Å². The maximum Gasteiger partial charge on any atom is 0.334 e. The van der Waals surface area contributed by atoms with Gasteiger partial charge in [0.25, 0.3) is 0 Å². The number of carbonyl (C=O) groups excluding carboxylic acids is 2. The number of rotatable bonds is 3. The van der Waals surface area contributed by atoms with E-state index in [0.29, 0.717) is 12.0 Å². The Bertz CT molecular complexity index is 381. The molecule has 0 aromatic rings. The van der Waals surface area contributed by atoms with Gasteiger partial charge in [0.05, 0.1) is 0 Å². The van der Waals surface area contributed by atoms with Gasteiger partial charge >= 0.3 is 5.97 Å². The van der Waals surface area contributed by atoms with Gasteiger partial charge in [0.15, 0.2) is 5.78 Å². The highest BCUT2D eigenvalue weighted by Gasteiger charge is 2.51. The smallest absolute Gasteiger partial charge is 0.334 e. The van der Waals surface area contributed by atoms with Gasteiger partial charge < -0.3 is 4.74 Å². The van der Waals surface area contributed by atoms with E-state index in [-0.39, 0.29) is 17.7 Å². The molecule has 0 bridgehead atoms. The van der Waals surface area contributed by atoms with E-state index in [9.17, 15) is 9.59 Å². The fourth-order valence-corrected chi connectivity index (χ4v) is 2.46. The number of ketones is 1. The highest BCUT2D eigenvalue weighted by atomic mass is 16.6. The number of allylic oxidation sites excluding steroid dienone is 1. The zero-order valence-electron chi connectivity index (χ0n) is 9.49. The molecule has 0 unspecified atom stereocenters. The lowest BCUT2D eigenvalue weighted by atomic mass is 9.75. The molecule has 2 atom stereocenters. The van der Waals surface area contributed by atoms with E-state index >= 15 is 0 Å². The molecule has 0 amide bonds. The Morgan fingerprint density at radius 2 is 2.31 bits per heavy atom.